The maximum absolute atomic E-state index is 13.7. The standard InChI is InChI=1S/C26H27FN6O/c1-34-24-13-11-23(12-14-24)31-15-17-32(18-16-31)25(21-7-9-22(27)10-8-21)26-28-29-30-33(26)19-20-5-3-2-4-6-20/h2-14,25H,15-19H2,1H3/t25-/m0/s1. The first-order chi connectivity index (χ1) is 16.7. The minimum atomic E-state index is -0.254. The van der Waals surface area contributed by atoms with E-state index in [2.05, 4.69) is 49.6 Å². The minimum Gasteiger partial charge on any atom is -0.497 e. The van der Waals surface area contributed by atoms with E-state index in [1.807, 2.05) is 47.1 Å². The van der Waals surface area contributed by atoms with Crippen molar-refractivity contribution in [2.75, 3.05) is 38.2 Å². The maximum atomic E-state index is 13.7. The van der Waals surface area contributed by atoms with Gasteiger partial charge in [-0.05, 0) is 58.0 Å². The minimum absolute atomic E-state index is 0.169. The molecule has 0 bridgehead atoms. The SMILES string of the molecule is COc1ccc(N2CCN([C@@H](c3ccc(F)cc3)c3nnnn3Cc3ccccc3)CC2)cc1. The second-order valence-corrected chi connectivity index (χ2v) is 8.36. The molecule has 1 aliphatic rings. The van der Waals surface area contributed by atoms with Crippen molar-refractivity contribution in [3.63, 3.8) is 0 Å². The normalized spacial score (nSPS) is 15.3. The van der Waals surface area contributed by atoms with Crippen molar-refractivity contribution in [3.8, 4) is 5.75 Å². The zero-order valence-electron chi connectivity index (χ0n) is 19.1. The summed E-state index contributed by atoms with van der Waals surface area (Å²) in [4.78, 5) is 4.74. The molecule has 1 fully saturated rings. The average molecular weight is 459 g/mol. The summed E-state index contributed by atoms with van der Waals surface area (Å²) in [5.74, 6) is 1.35. The monoisotopic (exact) mass is 458 g/mol. The fourth-order valence-corrected chi connectivity index (χ4v) is 4.48. The lowest BCUT2D eigenvalue weighted by Gasteiger charge is -2.40. The Morgan fingerprint density at radius 2 is 1.59 bits per heavy atom. The van der Waals surface area contributed by atoms with Crippen LogP contribution >= 0.6 is 0 Å². The van der Waals surface area contributed by atoms with Gasteiger partial charge in [0.05, 0.1) is 19.7 Å². The van der Waals surface area contributed by atoms with Crippen molar-refractivity contribution in [2.24, 2.45) is 0 Å². The number of anilines is 1. The number of hydrogen-bond donors (Lipinski definition) is 0. The smallest absolute Gasteiger partial charge is 0.173 e. The molecule has 1 aromatic heterocycles. The first kappa shape index (κ1) is 22.0. The zero-order valence-corrected chi connectivity index (χ0v) is 19.1. The van der Waals surface area contributed by atoms with Crippen LogP contribution in [-0.4, -0.2) is 58.4 Å². The third-order valence-electron chi connectivity index (χ3n) is 6.28. The molecule has 0 N–H and O–H groups in total. The van der Waals surface area contributed by atoms with E-state index in [0.717, 1.165) is 48.9 Å². The Labute approximate surface area is 198 Å². The highest BCUT2D eigenvalue weighted by molar-refractivity contribution is 5.49. The van der Waals surface area contributed by atoms with Gasteiger partial charge in [0.25, 0.3) is 0 Å². The average Bonchev–Trinajstić information content (AvgIpc) is 3.34. The number of rotatable bonds is 7. The Hall–Kier alpha value is -3.78. The summed E-state index contributed by atoms with van der Waals surface area (Å²) in [5.41, 5.74) is 3.27. The van der Waals surface area contributed by atoms with E-state index < -0.39 is 0 Å². The summed E-state index contributed by atoms with van der Waals surface area (Å²) in [5, 5.41) is 12.7. The van der Waals surface area contributed by atoms with E-state index in [1.165, 1.54) is 17.8 Å². The van der Waals surface area contributed by atoms with Gasteiger partial charge in [0.2, 0.25) is 0 Å². The van der Waals surface area contributed by atoms with Gasteiger partial charge in [-0.2, -0.15) is 0 Å². The fraction of sp³-hybridized carbons (Fsp3) is 0.269. The lowest BCUT2D eigenvalue weighted by Crippen LogP contribution is -2.48. The first-order valence-electron chi connectivity index (χ1n) is 11.4. The van der Waals surface area contributed by atoms with Gasteiger partial charge >= 0.3 is 0 Å². The zero-order chi connectivity index (χ0) is 23.3. The summed E-state index contributed by atoms with van der Waals surface area (Å²) >= 11 is 0. The van der Waals surface area contributed by atoms with Gasteiger partial charge in [-0.15, -0.1) is 5.10 Å². The molecule has 0 saturated carbocycles. The summed E-state index contributed by atoms with van der Waals surface area (Å²) in [6.07, 6.45) is 0. The summed E-state index contributed by atoms with van der Waals surface area (Å²) < 4.78 is 20.8. The summed E-state index contributed by atoms with van der Waals surface area (Å²) in [7, 11) is 1.68. The second-order valence-electron chi connectivity index (χ2n) is 8.36. The fourth-order valence-electron chi connectivity index (χ4n) is 4.48. The summed E-state index contributed by atoms with van der Waals surface area (Å²) in [6.45, 7) is 3.96. The third kappa shape index (κ3) is 4.77. The van der Waals surface area contributed by atoms with Gasteiger partial charge < -0.3 is 9.64 Å². The van der Waals surface area contributed by atoms with Crippen molar-refractivity contribution in [2.45, 2.75) is 12.6 Å². The molecular weight excluding hydrogens is 431 g/mol. The predicted molar refractivity (Wildman–Crippen MR) is 128 cm³/mol. The highest BCUT2D eigenvalue weighted by atomic mass is 19.1. The number of benzene rings is 3. The Kier molecular flexibility index (Phi) is 6.49. The molecule has 34 heavy (non-hydrogen) atoms. The van der Waals surface area contributed by atoms with E-state index >= 15 is 0 Å². The molecule has 0 amide bonds. The van der Waals surface area contributed by atoms with Gasteiger partial charge in [-0.3, -0.25) is 4.90 Å². The molecule has 1 saturated heterocycles. The van der Waals surface area contributed by atoms with Crippen LogP contribution in [0, 0.1) is 5.82 Å². The third-order valence-corrected chi connectivity index (χ3v) is 6.28. The van der Waals surface area contributed by atoms with Crippen LogP contribution < -0.4 is 9.64 Å². The van der Waals surface area contributed by atoms with Gasteiger partial charge in [0.1, 0.15) is 11.6 Å². The lowest BCUT2D eigenvalue weighted by atomic mass is 10.0. The van der Waals surface area contributed by atoms with Crippen LogP contribution in [0.1, 0.15) is 23.0 Å². The van der Waals surface area contributed by atoms with E-state index in [-0.39, 0.29) is 11.9 Å². The van der Waals surface area contributed by atoms with E-state index in [9.17, 15) is 4.39 Å². The van der Waals surface area contributed by atoms with E-state index in [4.69, 9.17) is 4.74 Å². The van der Waals surface area contributed by atoms with Crippen LogP contribution in [0.5, 0.6) is 5.75 Å². The van der Waals surface area contributed by atoms with Crippen molar-refractivity contribution in [3.05, 3.63) is 102 Å². The largest absolute Gasteiger partial charge is 0.497 e. The molecule has 0 spiro atoms. The second kappa shape index (κ2) is 10.0. The highest BCUT2D eigenvalue weighted by Gasteiger charge is 2.30. The Bertz CT molecular complexity index is 1190. The van der Waals surface area contributed by atoms with Gasteiger partial charge in [0, 0.05) is 31.9 Å². The Balaban J connectivity index is 1.40. The van der Waals surface area contributed by atoms with E-state index in [0.29, 0.717) is 6.54 Å². The molecule has 2 heterocycles. The van der Waals surface area contributed by atoms with Crippen LogP contribution in [0.25, 0.3) is 0 Å². The molecule has 0 radical (unpaired) electrons. The van der Waals surface area contributed by atoms with Crippen LogP contribution in [0.4, 0.5) is 10.1 Å². The predicted octanol–water partition coefficient (Wildman–Crippen LogP) is 3.78. The van der Waals surface area contributed by atoms with Crippen LogP contribution in [0.15, 0.2) is 78.9 Å². The molecule has 1 atom stereocenters. The van der Waals surface area contributed by atoms with Crippen LogP contribution in [-0.2, 0) is 6.54 Å². The molecule has 174 valence electrons. The number of tetrazole rings is 1. The summed E-state index contributed by atoms with van der Waals surface area (Å²) in [6, 6.07) is 24.8. The molecule has 1 aliphatic heterocycles. The topological polar surface area (TPSA) is 59.3 Å². The Morgan fingerprint density at radius 1 is 0.882 bits per heavy atom. The molecule has 4 aromatic rings. The molecule has 0 unspecified atom stereocenters. The number of hydrogen-bond acceptors (Lipinski definition) is 6. The van der Waals surface area contributed by atoms with Gasteiger partial charge in [0.15, 0.2) is 5.82 Å². The van der Waals surface area contributed by atoms with Crippen LogP contribution in [0.3, 0.4) is 0 Å². The number of nitrogens with zero attached hydrogens (tertiary/aromatic N) is 6. The molecule has 8 heteroatoms. The number of ether oxygens (including phenoxy) is 1. The van der Waals surface area contributed by atoms with Crippen LogP contribution in [0.2, 0.25) is 0 Å². The molecule has 7 nitrogen and oxygen atoms in total. The molecular formula is C26H27FN6O. The Morgan fingerprint density at radius 3 is 2.26 bits per heavy atom. The van der Waals surface area contributed by atoms with Crippen molar-refractivity contribution in [1.29, 1.82) is 0 Å². The first-order valence-corrected chi connectivity index (χ1v) is 11.4. The number of piperazine rings is 1. The van der Waals surface area contributed by atoms with Crippen molar-refractivity contribution < 1.29 is 9.13 Å². The van der Waals surface area contributed by atoms with Crippen molar-refractivity contribution >= 4 is 5.69 Å². The number of methoxy groups -OCH3 is 1. The molecule has 0 aliphatic carbocycles. The highest BCUT2D eigenvalue weighted by Crippen LogP contribution is 2.30. The number of halogens is 1. The quantitative estimate of drug-likeness (QED) is 0.420. The molecule has 5 rings (SSSR count). The molecule has 3 aromatic carbocycles. The van der Waals surface area contributed by atoms with Gasteiger partial charge in [-0.1, -0.05) is 42.5 Å². The van der Waals surface area contributed by atoms with Crippen molar-refractivity contribution in [1.82, 2.24) is 25.1 Å². The maximum Gasteiger partial charge on any atom is 0.173 e. The lowest BCUT2D eigenvalue weighted by molar-refractivity contribution is 0.201. The number of aromatic nitrogens is 4. The van der Waals surface area contributed by atoms with E-state index in [1.54, 1.807) is 7.11 Å². The van der Waals surface area contributed by atoms with Gasteiger partial charge in [-0.25, -0.2) is 9.07 Å².